The highest BCUT2D eigenvalue weighted by Crippen LogP contribution is 2.34. The standard InChI is InChI=1S/C10H7BrF4O/c11-4-1-5(2-4)16-10-8(14)6(12)3-7(13)9(10)15/h3-5H,1-2H2. The highest BCUT2D eigenvalue weighted by atomic mass is 79.9. The Morgan fingerprint density at radius 1 is 1.06 bits per heavy atom. The molecule has 1 aromatic rings. The lowest BCUT2D eigenvalue weighted by Gasteiger charge is -2.31. The SMILES string of the molecule is Fc1cc(F)c(F)c(OC2CC(Br)C2)c1F. The van der Waals surface area contributed by atoms with E-state index in [1.54, 1.807) is 0 Å². The summed E-state index contributed by atoms with van der Waals surface area (Å²) >= 11 is 3.26. The van der Waals surface area contributed by atoms with Crippen molar-refractivity contribution in [1.82, 2.24) is 0 Å². The van der Waals surface area contributed by atoms with Crippen LogP contribution >= 0.6 is 15.9 Å². The van der Waals surface area contributed by atoms with Gasteiger partial charge >= 0.3 is 0 Å². The molecule has 0 heterocycles. The Morgan fingerprint density at radius 2 is 1.56 bits per heavy atom. The van der Waals surface area contributed by atoms with Crippen molar-refractivity contribution in [3.8, 4) is 5.75 Å². The summed E-state index contributed by atoms with van der Waals surface area (Å²) < 4.78 is 56.8. The lowest BCUT2D eigenvalue weighted by Crippen LogP contribution is -2.34. The van der Waals surface area contributed by atoms with Gasteiger partial charge in [0.1, 0.15) is 6.10 Å². The van der Waals surface area contributed by atoms with Crippen molar-refractivity contribution >= 4 is 15.9 Å². The van der Waals surface area contributed by atoms with Crippen molar-refractivity contribution in [1.29, 1.82) is 0 Å². The van der Waals surface area contributed by atoms with E-state index in [1.807, 2.05) is 0 Å². The van der Waals surface area contributed by atoms with Crippen LogP contribution in [-0.4, -0.2) is 10.9 Å². The monoisotopic (exact) mass is 298 g/mol. The van der Waals surface area contributed by atoms with Crippen LogP contribution in [0.25, 0.3) is 0 Å². The zero-order valence-electron chi connectivity index (χ0n) is 7.94. The number of halogens is 5. The van der Waals surface area contributed by atoms with Gasteiger partial charge in [0.05, 0.1) is 0 Å². The third-order valence-corrected chi connectivity index (χ3v) is 3.14. The largest absolute Gasteiger partial charge is 0.484 e. The molecule has 0 radical (unpaired) electrons. The molecule has 1 fully saturated rings. The van der Waals surface area contributed by atoms with Crippen LogP contribution in [0.4, 0.5) is 17.6 Å². The summed E-state index contributed by atoms with van der Waals surface area (Å²) in [5.74, 6) is -6.86. The van der Waals surface area contributed by atoms with E-state index in [0.717, 1.165) is 0 Å². The number of hydrogen-bond donors (Lipinski definition) is 0. The Kier molecular flexibility index (Phi) is 3.10. The highest BCUT2D eigenvalue weighted by Gasteiger charge is 2.31. The van der Waals surface area contributed by atoms with Crippen LogP contribution in [0.15, 0.2) is 6.07 Å². The Bertz CT molecular complexity index is 392. The second-order valence-corrected chi connectivity index (χ2v) is 4.90. The van der Waals surface area contributed by atoms with Crippen LogP contribution in [0.2, 0.25) is 0 Å². The maximum Gasteiger partial charge on any atom is 0.203 e. The van der Waals surface area contributed by atoms with Crippen LogP contribution in [0, 0.1) is 23.3 Å². The van der Waals surface area contributed by atoms with Gasteiger partial charge < -0.3 is 4.74 Å². The number of benzene rings is 1. The second-order valence-electron chi connectivity index (χ2n) is 3.61. The molecule has 0 bridgehead atoms. The maximum absolute atomic E-state index is 13.1. The highest BCUT2D eigenvalue weighted by molar-refractivity contribution is 9.09. The Hall–Kier alpha value is -0.780. The molecular weight excluding hydrogens is 292 g/mol. The van der Waals surface area contributed by atoms with Crippen molar-refractivity contribution in [2.75, 3.05) is 0 Å². The topological polar surface area (TPSA) is 9.23 Å². The lowest BCUT2D eigenvalue weighted by molar-refractivity contribution is 0.114. The van der Waals surface area contributed by atoms with Crippen molar-refractivity contribution in [3.63, 3.8) is 0 Å². The van der Waals surface area contributed by atoms with Crippen LogP contribution in [-0.2, 0) is 0 Å². The quantitative estimate of drug-likeness (QED) is 0.461. The van der Waals surface area contributed by atoms with Crippen molar-refractivity contribution < 1.29 is 22.3 Å². The first-order valence-corrected chi connectivity index (χ1v) is 5.54. The van der Waals surface area contributed by atoms with E-state index in [-0.39, 0.29) is 10.9 Å². The summed E-state index contributed by atoms with van der Waals surface area (Å²) in [6.45, 7) is 0. The van der Waals surface area contributed by atoms with Gasteiger partial charge in [0, 0.05) is 10.9 Å². The molecule has 1 aliphatic rings. The van der Waals surface area contributed by atoms with Gasteiger partial charge in [0.15, 0.2) is 17.4 Å². The molecule has 1 aromatic carbocycles. The van der Waals surface area contributed by atoms with Crippen molar-refractivity contribution in [3.05, 3.63) is 29.3 Å². The molecule has 2 rings (SSSR count). The van der Waals surface area contributed by atoms with Crippen LogP contribution in [0.1, 0.15) is 12.8 Å². The summed E-state index contributed by atoms with van der Waals surface area (Å²) in [4.78, 5) is 0.224. The van der Waals surface area contributed by atoms with Gasteiger partial charge in [-0.25, -0.2) is 8.78 Å². The fraction of sp³-hybridized carbons (Fsp3) is 0.400. The molecule has 0 amide bonds. The van der Waals surface area contributed by atoms with E-state index >= 15 is 0 Å². The van der Waals surface area contributed by atoms with Gasteiger partial charge in [-0.3, -0.25) is 0 Å². The normalized spacial score (nSPS) is 24.1. The molecule has 16 heavy (non-hydrogen) atoms. The number of alkyl halides is 1. The van der Waals surface area contributed by atoms with Crippen LogP contribution < -0.4 is 4.74 Å². The molecular formula is C10H7BrF4O. The predicted molar refractivity (Wildman–Crippen MR) is 52.6 cm³/mol. The van der Waals surface area contributed by atoms with Gasteiger partial charge in [0.2, 0.25) is 11.6 Å². The number of hydrogen-bond acceptors (Lipinski definition) is 1. The summed E-state index contributed by atoms with van der Waals surface area (Å²) in [7, 11) is 0. The molecule has 88 valence electrons. The molecule has 1 nitrogen and oxygen atoms in total. The summed E-state index contributed by atoms with van der Waals surface area (Å²) in [6, 6.07) is 0.158. The van der Waals surface area contributed by atoms with Gasteiger partial charge in [-0.2, -0.15) is 8.78 Å². The number of ether oxygens (including phenoxy) is 1. The first-order chi connectivity index (χ1) is 7.49. The summed E-state index contributed by atoms with van der Waals surface area (Å²) in [5.41, 5.74) is 0. The zero-order valence-corrected chi connectivity index (χ0v) is 9.53. The van der Waals surface area contributed by atoms with Crippen LogP contribution in [0.5, 0.6) is 5.75 Å². The van der Waals surface area contributed by atoms with E-state index in [0.29, 0.717) is 12.8 Å². The van der Waals surface area contributed by atoms with E-state index in [2.05, 4.69) is 15.9 Å². The zero-order chi connectivity index (χ0) is 11.9. The Morgan fingerprint density at radius 3 is 2.00 bits per heavy atom. The van der Waals surface area contributed by atoms with E-state index < -0.39 is 35.1 Å². The smallest absolute Gasteiger partial charge is 0.203 e. The van der Waals surface area contributed by atoms with Crippen LogP contribution in [0.3, 0.4) is 0 Å². The molecule has 0 atom stereocenters. The third-order valence-electron chi connectivity index (χ3n) is 2.39. The fourth-order valence-electron chi connectivity index (χ4n) is 1.42. The molecule has 0 N–H and O–H groups in total. The van der Waals surface area contributed by atoms with Gasteiger partial charge in [0.25, 0.3) is 0 Å². The molecule has 6 heteroatoms. The van der Waals surface area contributed by atoms with Gasteiger partial charge in [-0.05, 0) is 12.8 Å². The molecule has 1 aliphatic carbocycles. The first kappa shape index (κ1) is 11.7. The number of rotatable bonds is 2. The average Bonchev–Trinajstić information content (AvgIpc) is 2.18. The molecule has 0 spiro atoms. The predicted octanol–water partition coefficient (Wildman–Crippen LogP) is 3.55. The summed E-state index contributed by atoms with van der Waals surface area (Å²) in [5, 5.41) is 0. The fourth-order valence-corrected chi connectivity index (χ4v) is 2.25. The third kappa shape index (κ3) is 2.03. The minimum absolute atomic E-state index is 0.158. The Balaban J connectivity index is 2.25. The first-order valence-electron chi connectivity index (χ1n) is 4.62. The summed E-state index contributed by atoms with van der Waals surface area (Å²) in [6.07, 6.45) is 0.697. The van der Waals surface area contributed by atoms with Gasteiger partial charge in [-0.1, -0.05) is 15.9 Å². The van der Waals surface area contributed by atoms with Crippen molar-refractivity contribution in [2.45, 2.75) is 23.8 Å². The average molecular weight is 299 g/mol. The minimum atomic E-state index is -1.49. The second kappa shape index (κ2) is 4.24. The maximum atomic E-state index is 13.1. The van der Waals surface area contributed by atoms with E-state index in [4.69, 9.17) is 4.74 Å². The molecule has 1 saturated carbocycles. The molecule has 0 aromatic heterocycles. The van der Waals surface area contributed by atoms with Crippen molar-refractivity contribution in [2.24, 2.45) is 0 Å². The molecule has 0 aliphatic heterocycles. The lowest BCUT2D eigenvalue weighted by atomic mass is 9.96. The minimum Gasteiger partial charge on any atom is -0.484 e. The molecule has 0 unspecified atom stereocenters. The molecule has 0 saturated heterocycles. The Labute approximate surface area is 97.5 Å². The van der Waals surface area contributed by atoms with Gasteiger partial charge in [-0.15, -0.1) is 0 Å². The van der Waals surface area contributed by atoms with E-state index in [1.165, 1.54) is 0 Å². The van der Waals surface area contributed by atoms with E-state index in [9.17, 15) is 17.6 Å².